The standard InChI is InChI=1S/C13H15F2NO4S/c1-16(8-11(14)15)21(19,20)10-4-2-9(3-5-10)13(6-7-13)12(17)18/h2-5,11H,6-8H2,1H3,(H,17,18). The summed E-state index contributed by atoms with van der Waals surface area (Å²) in [5, 5.41) is 9.16. The van der Waals surface area contributed by atoms with Crippen molar-refractivity contribution in [2.24, 2.45) is 0 Å². The summed E-state index contributed by atoms with van der Waals surface area (Å²) in [6, 6.07) is 5.39. The van der Waals surface area contributed by atoms with Gasteiger partial charge in [0.1, 0.15) is 0 Å². The van der Waals surface area contributed by atoms with Gasteiger partial charge in [-0.05, 0) is 30.5 Å². The normalized spacial score (nSPS) is 17.2. The van der Waals surface area contributed by atoms with Gasteiger partial charge in [-0.15, -0.1) is 0 Å². The molecule has 1 aliphatic rings. The number of rotatable bonds is 6. The molecule has 0 aliphatic heterocycles. The first-order chi connectivity index (χ1) is 9.70. The Hall–Kier alpha value is -1.54. The minimum Gasteiger partial charge on any atom is -0.481 e. The van der Waals surface area contributed by atoms with Gasteiger partial charge in [-0.3, -0.25) is 4.79 Å². The number of hydrogen-bond donors (Lipinski definition) is 1. The van der Waals surface area contributed by atoms with Gasteiger partial charge in [0.25, 0.3) is 6.43 Å². The minimum absolute atomic E-state index is 0.129. The van der Waals surface area contributed by atoms with E-state index in [9.17, 15) is 22.0 Å². The fourth-order valence-electron chi connectivity index (χ4n) is 2.17. The van der Waals surface area contributed by atoms with Crippen LogP contribution in [0.4, 0.5) is 8.78 Å². The summed E-state index contributed by atoms with van der Waals surface area (Å²) in [6.45, 7) is -0.886. The summed E-state index contributed by atoms with van der Waals surface area (Å²) >= 11 is 0. The van der Waals surface area contributed by atoms with E-state index >= 15 is 0 Å². The van der Waals surface area contributed by atoms with E-state index in [0.29, 0.717) is 22.7 Å². The molecule has 0 amide bonds. The van der Waals surface area contributed by atoms with Crippen molar-refractivity contribution in [2.75, 3.05) is 13.6 Å². The number of nitrogens with zero attached hydrogens (tertiary/aromatic N) is 1. The van der Waals surface area contributed by atoms with Crippen LogP contribution in [0, 0.1) is 0 Å². The molecule has 2 rings (SSSR count). The van der Waals surface area contributed by atoms with E-state index in [1.54, 1.807) is 0 Å². The highest BCUT2D eigenvalue weighted by Gasteiger charge is 2.51. The van der Waals surface area contributed by atoms with Crippen molar-refractivity contribution in [3.05, 3.63) is 29.8 Å². The van der Waals surface area contributed by atoms with E-state index in [1.807, 2.05) is 0 Å². The largest absolute Gasteiger partial charge is 0.481 e. The van der Waals surface area contributed by atoms with Crippen LogP contribution >= 0.6 is 0 Å². The van der Waals surface area contributed by atoms with E-state index < -0.39 is 34.4 Å². The molecule has 0 saturated heterocycles. The third-order valence-electron chi connectivity index (χ3n) is 3.67. The number of alkyl halides is 2. The van der Waals surface area contributed by atoms with Crippen LogP contribution < -0.4 is 0 Å². The number of benzene rings is 1. The third-order valence-corrected chi connectivity index (χ3v) is 5.51. The molecule has 0 bridgehead atoms. The van der Waals surface area contributed by atoms with Gasteiger partial charge < -0.3 is 5.11 Å². The van der Waals surface area contributed by atoms with Crippen LogP contribution in [-0.2, 0) is 20.2 Å². The van der Waals surface area contributed by atoms with Crippen LogP contribution in [0.2, 0.25) is 0 Å². The quantitative estimate of drug-likeness (QED) is 0.866. The minimum atomic E-state index is -3.99. The predicted octanol–water partition coefficient (Wildman–Crippen LogP) is 1.69. The summed E-state index contributed by atoms with van der Waals surface area (Å²) in [7, 11) is -2.91. The fraction of sp³-hybridized carbons (Fsp3) is 0.462. The Morgan fingerprint density at radius 3 is 2.24 bits per heavy atom. The molecule has 1 N–H and O–H groups in total. The molecule has 8 heteroatoms. The van der Waals surface area contributed by atoms with Crippen LogP contribution in [0.5, 0.6) is 0 Å². The first-order valence-electron chi connectivity index (χ1n) is 6.28. The van der Waals surface area contributed by atoms with Crippen molar-refractivity contribution in [1.82, 2.24) is 4.31 Å². The maximum Gasteiger partial charge on any atom is 0.314 e. The molecule has 0 atom stereocenters. The molecule has 1 fully saturated rings. The lowest BCUT2D eigenvalue weighted by molar-refractivity contribution is -0.140. The number of carbonyl (C=O) groups is 1. The fourth-order valence-corrected chi connectivity index (χ4v) is 3.32. The molecule has 0 spiro atoms. The molecule has 116 valence electrons. The summed E-state index contributed by atoms with van der Waals surface area (Å²) < 4.78 is 49.2. The molecule has 0 heterocycles. The van der Waals surface area contributed by atoms with Crippen LogP contribution in [0.25, 0.3) is 0 Å². The van der Waals surface area contributed by atoms with E-state index in [-0.39, 0.29) is 4.90 Å². The Morgan fingerprint density at radius 1 is 1.33 bits per heavy atom. The third kappa shape index (κ3) is 2.91. The van der Waals surface area contributed by atoms with Crippen molar-refractivity contribution < 1.29 is 27.1 Å². The summed E-state index contributed by atoms with van der Waals surface area (Å²) in [6.07, 6.45) is -1.73. The average Bonchev–Trinajstić information content (AvgIpc) is 3.19. The molecule has 1 aliphatic carbocycles. The highest BCUT2D eigenvalue weighted by atomic mass is 32.2. The molecular weight excluding hydrogens is 304 g/mol. The smallest absolute Gasteiger partial charge is 0.314 e. The molecule has 5 nitrogen and oxygen atoms in total. The van der Waals surface area contributed by atoms with E-state index in [1.165, 1.54) is 24.3 Å². The van der Waals surface area contributed by atoms with E-state index in [2.05, 4.69) is 0 Å². The number of sulfonamides is 1. The average molecular weight is 319 g/mol. The van der Waals surface area contributed by atoms with Gasteiger partial charge in [0.15, 0.2) is 0 Å². The van der Waals surface area contributed by atoms with Crippen LogP contribution in [0.15, 0.2) is 29.2 Å². The zero-order chi connectivity index (χ0) is 15.8. The lowest BCUT2D eigenvalue weighted by atomic mass is 9.96. The van der Waals surface area contributed by atoms with Crippen molar-refractivity contribution >= 4 is 16.0 Å². The predicted molar refractivity (Wildman–Crippen MR) is 70.8 cm³/mol. The molecule has 1 aromatic rings. The van der Waals surface area contributed by atoms with E-state index in [4.69, 9.17) is 5.11 Å². The van der Waals surface area contributed by atoms with E-state index in [0.717, 1.165) is 7.05 Å². The van der Waals surface area contributed by atoms with Gasteiger partial charge in [0, 0.05) is 7.05 Å². The second-order valence-corrected chi connectivity index (χ2v) is 7.13. The van der Waals surface area contributed by atoms with Crippen molar-refractivity contribution in [1.29, 1.82) is 0 Å². The first kappa shape index (κ1) is 15.8. The molecule has 21 heavy (non-hydrogen) atoms. The zero-order valence-corrected chi connectivity index (χ0v) is 12.1. The van der Waals surface area contributed by atoms with Crippen molar-refractivity contribution in [2.45, 2.75) is 29.6 Å². The molecule has 0 radical (unpaired) electrons. The second kappa shape index (κ2) is 5.34. The summed E-state index contributed by atoms with van der Waals surface area (Å²) in [4.78, 5) is 11.1. The Kier molecular flexibility index (Phi) is 4.03. The Labute approximate surface area is 121 Å². The highest BCUT2D eigenvalue weighted by molar-refractivity contribution is 7.89. The number of carboxylic acid groups (broad SMARTS) is 1. The van der Waals surface area contributed by atoms with Gasteiger partial charge in [-0.2, -0.15) is 4.31 Å². The first-order valence-corrected chi connectivity index (χ1v) is 7.72. The molecule has 1 saturated carbocycles. The Morgan fingerprint density at radius 2 is 1.86 bits per heavy atom. The molecule has 0 aromatic heterocycles. The van der Waals surface area contributed by atoms with Gasteiger partial charge in [-0.25, -0.2) is 17.2 Å². The number of carboxylic acids is 1. The van der Waals surface area contributed by atoms with Gasteiger partial charge >= 0.3 is 5.97 Å². The van der Waals surface area contributed by atoms with Gasteiger partial charge in [0.2, 0.25) is 10.0 Å². The van der Waals surface area contributed by atoms with Crippen LogP contribution in [0.3, 0.4) is 0 Å². The lowest BCUT2D eigenvalue weighted by Gasteiger charge is -2.17. The molecule has 0 unspecified atom stereocenters. The van der Waals surface area contributed by atoms with Crippen LogP contribution in [-0.4, -0.2) is 43.8 Å². The second-order valence-electron chi connectivity index (χ2n) is 5.09. The Balaban J connectivity index is 2.25. The SMILES string of the molecule is CN(CC(F)F)S(=O)(=O)c1ccc(C2(C(=O)O)CC2)cc1. The monoisotopic (exact) mass is 319 g/mol. The molecular formula is C13H15F2NO4S. The maximum atomic E-state index is 12.3. The zero-order valence-electron chi connectivity index (χ0n) is 11.3. The molecule has 1 aromatic carbocycles. The van der Waals surface area contributed by atoms with Crippen LogP contribution in [0.1, 0.15) is 18.4 Å². The topological polar surface area (TPSA) is 74.7 Å². The number of hydrogen-bond acceptors (Lipinski definition) is 3. The van der Waals surface area contributed by atoms with Crippen molar-refractivity contribution in [3.8, 4) is 0 Å². The van der Waals surface area contributed by atoms with Crippen molar-refractivity contribution in [3.63, 3.8) is 0 Å². The Bertz CT molecular complexity index is 639. The number of halogens is 2. The highest BCUT2D eigenvalue weighted by Crippen LogP contribution is 2.48. The number of aliphatic carboxylic acids is 1. The lowest BCUT2D eigenvalue weighted by Crippen LogP contribution is -2.31. The summed E-state index contributed by atoms with van der Waals surface area (Å²) in [5.74, 6) is -0.937. The maximum absolute atomic E-state index is 12.3. The van der Waals surface area contributed by atoms with Gasteiger partial charge in [-0.1, -0.05) is 12.1 Å². The summed E-state index contributed by atoms with van der Waals surface area (Å²) in [5.41, 5.74) is -0.387. The van der Waals surface area contributed by atoms with Gasteiger partial charge in [0.05, 0.1) is 16.9 Å².